The largest absolute Gasteiger partial charge is 2.00 e. The molecule has 8 aromatic carbocycles. The first kappa shape index (κ1) is 121. The van der Waals surface area contributed by atoms with Crippen LogP contribution >= 0.6 is 0 Å². The van der Waals surface area contributed by atoms with Gasteiger partial charge in [-0.3, -0.25) is 0 Å². The fraction of sp³-hybridized carbons (Fsp3) is 0.289. The molecule has 0 bridgehead atoms. The molecule has 0 unspecified atom stereocenters. The number of nitriles is 6. The molecule has 8 rings (SSSR count). The fourth-order valence-corrected chi connectivity index (χ4v) is 12.1. The monoisotopic (exact) mass is 2030 g/mol. The number of hydrogen-bond acceptors (Lipinski definition) is 6. The van der Waals surface area contributed by atoms with Gasteiger partial charge in [-0.15, -0.1) is 0 Å². The average molecular weight is 2030 g/mol. The number of benzene rings is 8. The molecule has 57 heteroatoms. The molecule has 133 heavy (non-hydrogen) atoms. The van der Waals surface area contributed by atoms with Crippen LogP contribution in [0.4, 0.5) is 211 Å². The Morgan fingerprint density at radius 3 is 0.218 bits per heavy atom. The van der Waals surface area contributed by atoms with Gasteiger partial charge in [-0.05, 0) is 48.5 Å². The third kappa shape index (κ3) is 32.1. The van der Waals surface area contributed by atoms with Crippen LogP contribution in [0.5, 0.6) is 0 Å². The SMILES string of the molecule is CC#N.CC#N.CC#N.CC#N.CC#N.CC#N.FC(F)(F)c1cc([B-](c2cc(C(F)(F)F)cc(C(F)(F)F)c2)(c2cc(C(F)(F)F)cc(C(F)(F)F)c2)c2cc(C(F)(F)F)cc(C(F)(F)F)c2)cc(C(F)(F)F)c1.FC(F)(F)c1cc([B-](c2cc(C(F)(F)F)cc(C(F)(F)F)c2)(c2cc(C(F)(F)F)cc(C(F)(F)F)c2)c2cc(C(F)(F)F)cc(C(F)(F)F)c2)cc(C(F)(F)F)c1.[Mn+2]. The number of alkyl halides is 48. The maximum Gasteiger partial charge on any atom is 2.00 e. The van der Waals surface area contributed by atoms with Gasteiger partial charge in [0.25, 0.3) is 0 Å². The van der Waals surface area contributed by atoms with Gasteiger partial charge in [-0.25, -0.2) is 0 Å². The quantitative estimate of drug-likeness (QED) is 0.109. The second-order valence-electron chi connectivity index (χ2n) is 25.8. The summed E-state index contributed by atoms with van der Waals surface area (Å²) in [5.41, 5.74) is -60.4. The predicted molar refractivity (Wildman–Crippen MR) is 368 cm³/mol. The minimum Gasteiger partial charge on any atom is -0.199 e. The van der Waals surface area contributed by atoms with Gasteiger partial charge >= 0.3 is 116 Å². The Morgan fingerprint density at radius 1 is 0.135 bits per heavy atom. The Kier molecular flexibility index (Phi) is 39.4. The maximum absolute atomic E-state index is 14.2. The van der Waals surface area contributed by atoms with Crippen LogP contribution in [0.1, 0.15) is 131 Å². The molecule has 0 saturated heterocycles. The smallest absolute Gasteiger partial charge is 0.199 e. The van der Waals surface area contributed by atoms with Gasteiger partial charge < -0.3 is 0 Å². The summed E-state index contributed by atoms with van der Waals surface area (Å²) >= 11 is 0. The Balaban J connectivity index is 0.00000221. The van der Waals surface area contributed by atoms with Crippen LogP contribution in [-0.2, 0) is 116 Å². The van der Waals surface area contributed by atoms with Crippen LogP contribution in [0.2, 0.25) is 0 Å². The van der Waals surface area contributed by atoms with Crippen LogP contribution in [0.3, 0.4) is 0 Å². The van der Waals surface area contributed by atoms with Crippen molar-refractivity contribution in [2.45, 2.75) is 140 Å². The van der Waals surface area contributed by atoms with Gasteiger partial charge in [0.15, 0.2) is 0 Å². The molecule has 8 aromatic rings. The van der Waals surface area contributed by atoms with Crippen molar-refractivity contribution in [1.82, 2.24) is 0 Å². The fourth-order valence-electron chi connectivity index (χ4n) is 12.1. The van der Waals surface area contributed by atoms with E-state index in [2.05, 4.69) is 0 Å². The third-order valence-corrected chi connectivity index (χ3v) is 16.9. The Hall–Kier alpha value is -12.0. The molecule has 725 valence electrons. The van der Waals surface area contributed by atoms with E-state index in [-0.39, 0.29) is 17.1 Å². The summed E-state index contributed by atoms with van der Waals surface area (Å²) in [6.07, 6.45) is -110. The van der Waals surface area contributed by atoms with E-state index in [1.54, 1.807) is 36.4 Å². The first-order valence-electron chi connectivity index (χ1n) is 33.6. The summed E-state index contributed by atoms with van der Waals surface area (Å²) in [4.78, 5) is 0. The van der Waals surface area contributed by atoms with Crippen LogP contribution < -0.4 is 43.7 Å². The number of nitrogens with zero attached hydrogens (tertiary/aromatic N) is 6. The van der Waals surface area contributed by atoms with Gasteiger partial charge in [0.2, 0.25) is 0 Å². The van der Waals surface area contributed by atoms with Gasteiger partial charge in [0, 0.05) is 41.5 Å². The van der Waals surface area contributed by atoms with E-state index < -0.39 is 389 Å². The standard InChI is InChI=1S/2C32H12BF24.6C2H3N.Mn/c2*34-25(35,36)13-1-14(26(37,38)39)6-21(5-13)33(22-7-15(27(40,41)42)2-16(8-22)28(43,44)45,23-9-17(29(46,47)48)3-18(10-23)30(49,50)51)24-11-19(31(52,53)54)4-20(12-24)32(55,56)57;6*1-2-3;/h2*1-12H;6*1H3;/q2*-1;;;;;;;+2. The average Bonchev–Trinajstić information content (AvgIpc) is 0.710. The van der Waals surface area contributed by atoms with Crippen LogP contribution in [0.15, 0.2) is 146 Å². The first-order valence-corrected chi connectivity index (χ1v) is 33.6. The predicted octanol–water partition coefficient (Wildman–Crippen LogP) is 25.6. The Morgan fingerprint density at radius 2 is 0.180 bits per heavy atom. The van der Waals surface area contributed by atoms with Crippen molar-refractivity contribution in [3.63, 3.8) is 0 Å². The van der Waals surface area contributed by atoms with Gasteiger partial charge in [-0.2, -0.15) is 286 Å². The van der Waals surface area contributed by atoms with Gasteiger partial charge in [0.1, 0.15) is 12.3 Å². The molecule has 0 aliphatic rings. The maximum atomic E-state index is 14.2. The molecule has 1 radical (unpaired) electrons. The first-order chi connectivity index (χ1) is 59.0. The molecule has 0 saturated carbocycles. The molecule has 6 nitrogen and oxygen atoms in total. The summed E-state index contributed by atoms with van der Waals surface area (Å²) in [6, 6.07) is -7.12. The second kappa shape index (κ2) is 43.3. The molecule has 0 amide bonds. The van der Waals surface area contributed by atoms with E-state index in [0.29, 0.717) is 0 Å². The topological polar surface area (TPSA) is 143 Å². The van der Waals surface area contributed by atoms with Crippen molar-refractivity contribution < 1.29 is 228 Å². The van der Waals surface area contributed by atoms with E-state index in [1.807, 2.05) is 0 Å². The van der Waals surface area contributed by atoms with Crippen molar-refractivity contribution in [2.75, 3.05) is 0 Å². The Labute approximate surface area is 724 Å². The third-order valence-electron chi connectivity index (χ3n) is 16.9. The summed E-state index contributed by atoms with van der Waals surface area (Å²) in [7, 11) is 0. The second-order valence-corrected chi connectivity index (χ2v) is 25.8. The number of halogens is 48. The number of hydrogen-bond donors (Lipinski definition) is 0. The Bertz CT molecular complexity index is 4310. The van der Waals surface area contributed by atoms with Crippen molar-refractivity contribution in [2.24, 2.45) is 0 Å². The summed E-state index contributed by atoms with van der Waals surface area (Å²) in [5.74, 6) is 0. The van der Waals surface area contributed by atoms with Crippen molar-refractivity contribution in [1.29, 1.82) is 31.6 Å². The molecule has 0 spiro atoms. The molecular weight excluding hydrogens is 1990 g/mol. The molecule has 0 atom stereocenters. The van der Waals surface area contributed by atoms with Crippen molar-refractivity contribution in [3.05, 3.63) is 235 Å². The zero-order valence-corrected chi connectivity index (χ0v) is 66.4. The van der Waals surface area contributed by atoms with Crippen LogP contribution in [0, 0.1) is 68.0 Å². The van der Waals surface area contributed by atoms with Crippen molar-refractivity contribution in [3.8, 4) is 36.4 Å². The van der Waals surface area contributed by atoms with Gasteiger partial charge in [-0.1, -0.05) is 97.1 Å². The molecule has 0 aliphatic heterocycles. The van der Waals surface area contributed by atoms with E-state index in [1.165, 1.54) is 41.5 Å². The van der Waals surface area contributed by atoms with E-state index in [4.69, 9.17) is 31.6 Å². The molecule has 0 aliphatic carbocycles. The van der Waals surface area contributed by atoms with Gasteiger partial charge in [0.05, 0.1) is 125 Å². The zero-order chi connectivity index (χ0) is 104. The number of rotatable bonds is 8. The minimum absolute atomic E-state index is 0. The molecule has 0 heterocycles. The minimum atomic E-state index is -6.13. The molecule has 0 fully saturated rings. The normalized spacial score (nSPS) is 12.6. The summed E-state index contributed by atoms with van der Waals surface area (Å²) < 4.78 is 682. The summed E-state index contributed by atoms with van der Waals surface area (Å²) in [6.45, 7) is 8.58. The van der Waals surface area contributed by atoms with Crippen molar-refractivity contribution >= 4 is 56.0 Å². The van der Waals surface area contributed by atoms with E-state index in [9.17, 15) is 211 Å². The van der Waals surface area contributed by atoms with E-state index in [0.717, 1.165) is 0 Å². The van der Waals surface area contributed by atoms with Crippen LogP contribution in [0.25, 0.3) is 0 Å². The zero-order valence-electron chi connectivity index (χ0n) is 65.2. The summed E-state index contributed by atoms with van der Waals surface area (Å²) in [5, 5.41) is 43.9. The molecule has 0 N–H and O–H groups in total. The van der Waals surface area contributed by atoms with E-state index >= 15 is 0 Å². The van der Waals surface area contributed by atoms with Crippen LogP contribution in [-0.4, -0.2) is 12.3 Å². The molecule has 0 aromatic heterocycles. The molecular formula is C76H42B2F48MnN6.